The molecule has 2 aliphatic heterocycles. The lowest BCUT2D eigenvalue weighted by Crippen LogP contribution is -2.21. The first kappa shape index (κ1) is 8.21. The fraction of sp³-hybridized carbons (Fsp3) is 0.667. The SMILES string of the molecule is Clc1ncc(C2CC3CCC2N3)s1. The molecule has 0 amide bonds. The average Bonchev–Trinajstić information content (AvgIpc) is 2.77. The van der Waals surface area contributed by atoms with Crippen LogP contribution in [0.4, 0.5) is 0 Å². The molecule has 0 aromatic carbocycles. The molecule has 2 bridgehead atoms. The molecule has 1 aromatic heterocycles. The first-order valence-electron chi connectivity index (χ1n) is 4.70. The van der Waals surface area contributed by atoms with E-state index in [2.05, 4.69) is 10.3 Å². The molecular formula is C9H11ClN2S. The third kappa shape index (κ3) is 1.30. The van der Waals surface area contributed by atoms with Gasteiger partial charge in [-0.05, 0) is 19.3 Å². The second-order valence-electron chi connectivity index (χ2n) is 3.91. The fourth-order valence-electron chi connectivity index (χ4n) is 2.57. The number of fused-ring (bicyclic) bond motifs is 2. The lowest BCUT2D eigenvalue weighted by molar-refractivity contribution is 0.512. The van der Waals surface area contributed by atoms with Gasteiger partial charge in [-0.1, -0.05) is 11.6 Å². The highest BCUT2D eigenvalue weighted by Gasteiger charge is 2.40. The smallest absolute Gasteiger partial charge is 0.183 e. The highest BCUT2D eigenvalue weighted by molar-refractivity contribution is 7.15. The van der Waals surface area contributed by atoms with Gasteiger partial charge >= 0.3 is 0 Å². The van der Waals surface area contributed by atoms with Gasteiger partial charge in [0.05, 0.1) is 0 Å². The van der Waals surface area contributed by atoms with Crippen LogP contribution < -0.4 is 5.32 Å². The maximum Gasteiger partial charge on any atom is 0.183 e. The van der Waals surface area contributed by atoms with E-state index in [1.165, 1.54) is 24.1 Å². The van der Waals surface area contributed by atoms with Crippen LogP contribution in [0.25, 0.3) is 0 Å². The first-order chi connectivity index (χ1) is 6.33. The van der Waals surface area contributed by atoms with E-state index in [0.717, 1.165) is 6.04 Å². The van der Waals surface area contributed by atoms with Gasteiger partial charge in [0.1, 0.15) is 0 Å². The van der Waals surface area contributed by atoms with Crippen molar-refractivity contribution in [2.75, 3.05) is 0 Å². The second kappa shape index (κ2) is 2.94. The summed E-state index contributed by atoms with van der Waals surface area (Å²) in [6.07, 6.45) is 5.90. The van der Waals surface area contributed by atoms with Gasteiger partial charge in [0.2, 0.25) is 0 Å². The summed E-state index contributed by atoms with van der Waals surface area (Å²) < 4.78 is 0.678. The third-order valence-corrected chi connectivity index (χ3v) is 4.41. The molecule has 2 saturated heterocycles. The van der Waals surface area contributed by atoms with Gasteiger partial charge in [0, 0.05) is 29.1 Å². The Labute approximate surface area is 86.3 Å². The molecule has 2 nitrogen and oxygen atoms in total. The molecule has 0 radical (unpaired) electrons. The summed E-state index contributed by atoms with van der Waals surface area (Å²) in [5, 5.41) is 3.62. The summed E-state index contributed by atoms with van der Waals surface area (Å²) in [7, 11) is 0. The highest BCUT2D eigenvalue weighted by Crippen LogP contribution is 2.42. The Morgan fingerprint density at radius 2 is 2.46 bits per heavy atom. The van der Waals surface area contributed by atoms with E-state index < -0.39 is 0 Å². The number of nitrogens with zero attached hydrogens (tertiary/aromatic N) is 1. The van der Waals surface area contributed by atoms with E-state index >= 15 is 0 Å². The zero-order valence-corrected chi connectivity index (χ0v) is 8.74. The van der Waals surface area contributed by atoms with E-state index in [-0.39, 0.29) is 0 Å². The summed E-state index contributed by atoms with van der Waals surface area (Å²) in [4.78, 5) is 5.47. The number of halogens is 1. The maximum absolute atomic E-state index is 5.83. The van der Waals surface area contributed by atoms with Crippen molar-refractivity contribution in [3.8, 4) is 0 Å². The summed E-state index contributed by atoms with van der Waals surface area (Å²) in [6, 6.07) is 1.46. The monoisotopic (exact) mass is 214 g/mol. The van der Waals surface area contributed by atoms with E-state index in [1.54, 1.807) is 11.3 Å². The van der Waals surface area contributed by atoms with Crippen molar-refractivity contribution in [1.29, 1.82) is 0 Å². The van der Waals surface area contributed by atoms with Crippen molar-refractivity contribution in [3.05, 3.63) is 15.5 Å². The van der Waals surface area contributed by atoms with Crippen molar-refractivity contribution in [2.45, 2.75) is 37.3 Å². The Hall–Kier alpha value is -0.120. The lowest BCUT2D eigenvalue weighted by Gasteiger charge is -2.17. The molecule has 2 aliphatic rings. The van der Waals surface area contributed by atoms with Crippen LogP contribution in [0.15, 0.2) is 6.20 Å². The van der Waals surface area contributed by atoms with Crippen molar-refractivity contribution < 1.29 is 0 Å². The molecule has 0 spiro atoms. The molecule has 4 heteroatoms. The van der Waals surface area contributed by atoms with Crippen LogP contribution in [0.1, 0.15) is 30.1 Å². The number of rotatable bonds is 1. The largest absolute Gasteiger partial charge is 0.311 e. The van der Waals surface area contributed by atoms with Crippen LogP contribution >= 0.6 is 22.9 Å². The minimum atomic E-state index is 0.678. The van der Waals surface area contributed by atoms with Gasteiger partial charge in [-0.25, -0.2) is 4.98 Å². The number of nitrogens with one attached hydrogen (secondary N) is 1. The Balaban J connectivity index is 1.87. The molecule has 0 saturated carbocycles. The van der Waals surface area contributed by atoms with Gasteiger partial charge in [0.25, 0.3) is 0 Å². The topological polar surface area (TPSA) is 24.9 Å². The quantitative estimate of drug-likeness (QED) is 0.777. The zero-order valence-electron chi connectivity index (χ0n) is 7.16. The normalized spacial score (nSPS) is 37.2. The molecule has 3 rings (SSSR count). The number of aromatic nitrogens is 1. The first-order valence-corrected chi connectivity index (χ1v) is 5.89. The van der Waals surface area contributed by atoms with E-state index in [4.69, 9.17) is 11.6 Å². The molecule has 1 aromatic rings. The molecule has 3 atom stereocenters. The van der Waals surface area contributed by atoms with Crippen molar-refractivity contribution in [1.82, 2.24) is 10.3 Å². The standard InChI is InChI=1S/C9H11ClN2S/c10-9-11-4-8(13-9)6-3-5-1-2-7(6)12-5/h4-7,12H,1-3H2. The van der Waals surface area contributed by atoms with E-state index in [0.29, 0.717) is 16.4 Å². The van der Waals surface area contributed by atoms with E-state index in [1.807, 2.05) is 6.20 Å². The van der Waals surface area contributed by atoms with Gasteiger partial charge in [-0.15, -0.1) is 11.3 Å². The van der Waals surface area contributed by atoms with Crippen LogP contribution in [0.5, 0.6) is 0 Å². The Morgan fingerprint density at radius 1 is 1.54 bits per heavy atom. The lowest BCUT2D eigenvalue weighted by atomic mass is 9.88. The summed E-state index contributed by atoms with van der Waals surface area (Å²) in [5.41, 5.74) is 0. The summed E-state index contributed by atoms with van der Waals surface area (Å²) in [6.45, 7) is 0. The summed E-state index contributed by atoms with van der Waals surface area (Å²) in [5.74, 6) is 0.684. The van der Waals surface area contributed by atoms with E-state index in [9.17, 15) is 0 Å². The molecule has 2 fully saturated rings. The van der Waals surface area contributed by atoms with Crippen LogP contribution in [-0.4, -0.2) is 17.1 Å². The van der Waals surface area contributed by atoms with Crippen molar-refractivity contribution >= 4 is 22.9 Å². The van der Waals surface area contributed by atoms with Crippen LogP contribution in [-0.2, 0) is 0 Å². The molecule has 0 aliphatic carbocycles. The number of hydrogen-bond acceptors (Lipinski definition) is 3. The second-order valence-corrected chi connectivity index (χ2v) is 5.55. The molecular weight excluding hydrogens is 204 g/mol. The minimum absolute atomic E-state index is 0.678. The van der Waals surface area contributed by atoms with Crippen molar-refractivity contribution in [2.24, 2.45) is 0 Å². The number of thiazole rings is 1. The zero-order chi connectivity index (χ0) is 8.84. The predicted octanol–water partition coefficient (Wildman–Crippen LogP) is 2.40. The highest BCUT2D eigenvalue weighted by atomic mass is 35.5. The Bertz CT molecular complexity index is 325. The van der Waals surface area contributed by atoms with Gasteiger partial charge in [-0.2, -0.15) is 0 Å². The number of hydrogen-bond donors (Lipinski definition) is 1. The van der Waals surface area contributed by atoms with Gasteiger partial charge in [0.15, 0.2) is 4.47 Å². The minimum Gasteiger partial charge on any atom is -0.311 e. The Morgan fingerprint density at radius 3 is 3.00 bits per heavy atom. The molecule has 13 heavy (non-hydrogen) atoms. The average molecular weight is 215 g/mol. The molecule has 3 heterocycles. The summed E-state index contributed by atoms with van der Waals surface area (Å²) >= 11 is 7.47. The molecule has 3 unspecified atom stereocenters. The predicted molar refractivity (Wildman–Crippen MR) is 54.4 cm³/mol. The van der Waals surface area contributed by atoms with Crippen molar-refractivity contribution in [3.63, 3.8) is 0 Å². The van der Waals surface area contributed by atoms with Gasteiger partial charge < -0.3 is 5.32 Å². The fourth-order valence-corrected chi connectivity index (χ4v) is 3.71. The maximum atomic E-state index is 5.83. The molecule has 1 N–H and O–H groups in total. The molecule has 70 valence electrons. The van der Waals surface area contributed by atoms with Crippen LogP contribution in [0.2, 0.25) is 4.47 Å². The van der Waals surface area contributed by atoms with Crippen LogP contribution in [0, 0.1) is 0 Å². The third-order valence-electron chi connectivity index (χ3n) is 3.16. The van der Waals surface area contributed by atoms with Gasteiger partial charge in [-0.3, -0.25) is 0 Å². The Kier molecular flexibility index (Phi) is 1.86. The van der Waals surface area contributed by atoms with Crippen LogP contribution in [0.3, 0.4) is 0 Å².